The summed E-state index contributed by atoms with van der Waals surface area (Å²) < 4.78 is 38.3. The molecule has 0 saturated carbocycles. The average Bonchev–Trinajstić information content (AvgIpc) is 2.93. The van der Waals surface area contributed by atoms with Gasteiger partial charge in [-0.05, 0) is 42.2 Å². The number of rotatable bonds is 8. The van der Waals surface area contributed by atoms with Gasteiger partial charge < -0.3 is 23.8 Å². The van der Waals surface area contributed by atoms with Crippen molar-refractivity contribution in [3.05, 3.63) is 89.2 Å². The Morgan fingerprint density at radius 2 is 1.76 bits per heavy atom. The van der Waals surface area contributed by atoms with E-state index >= 15 is 4.39 Å². The maximum Gasteiger partial charge on any atom is 0.159 e. The van der Waals surface area contributed by atoms with Gasteiger partial charge in [-0.3, -0.25) is 0 Å². The van der Waals surface area contributed by atoms with Crippen LogP contribution in [0.15, 0.2) is 66.7 Å². The molecule has 196 valence electrons. The molecular formula is C30H33BrFNO4. The van der Waals surface area contributed by atoms with E-state index < -0.39 is 0 Å². The summed E-state index contributed by atoms with van der Waals surface area (Å²) in [5.74, 6) is 1.64. The third-order valence-corrected chi connectivity index (χ3v) is 8.18. The third-order valence-electron chi connectivity index (χ3n) is 7.39. The Balaban J connectivity index is 1.30. The number of anilines is 1. The van der Waals surface area contributed by atoms with E-state index in [0.29, 0.717) is 24.8 Å². The molecular weight excluding hydrogens is 537 g/mol. The van der Waals surface area contributed by atoms with E-state index in [-0.39, 0.29) is 22.9 Å². The van der Waals surface area contributed by atoms with Gasteiger partial charge in [0.25, 0.3) is 0 Å². The van der Waals surface area contributed by atoms with Gasteiger partial charge in [0.1, 0.15) is 30.5 Å². The molecule has 2 unspecified atom stereocenters. The molecule has 2 atom stereocenters. The second kappa shape index (κ2) is 11.8. The molecule has 0 aliphatic carbocycles. The van der Waals surface area contributed by atoms with Crippen LogP contribution in [-0.2, 0) is 16.1 Å². The predicted molar refractivity (Wildman–Crippen MR) is 146 cm³/mol. The van der Waals surface area contributed by atoms with Crippen LogP contribution in [0.3, 0.4) is 0 Å². The van der Waals surface area contributed by atoms with Crippen LogP contribution in [0.1, 0.15) is 35.4 Å². The molecule has 0 amide bonds. The van der Waals surface area contributed by atoms with Crippen LogP contribution in [0.25, 0.3) is 0 Å². The minimum absolute atomic E-state index is 0.0228. The molecule has 3 aromatic rings. The van der Waals surface area contributed by atoms with E-state index in [2.05, 4.69) is 20.8 Å². The molecule has 1 saturated heterocycles. The quantitative estimate of drug-likeness (QED) is 0.228. The minimum atomic E-state index is -0.205. The predicted octanol–water partition coefficient (Wildman–Crippen LogP) is 6.53. The molecule has 2 aliphatic rings. The summed E-state index contributed by atoms with van der Waals surface area (Å²) in [4.78, 5) is 2.16. The van der Waals surface area contributed by atoms with Gasteiger partial charge in [0, 0.05) is 50.8 Å². The number of fused-ring (bicyclic) bond motifs is 1. The number of nitrogens with zero attached hydrogens (tertiary/aromatic N) is 1. The van der Waals surface area contributed by atoms with Gasteiger partial charge in [0.2, 0.25) is 0 Å². The van der Waals surface area contributed by atoms with Crippen LogP contribution in [0.5, 0.6) is 11.5 Å². The first-order valence-electron chi connectivity index (χ1n) is 12.7. The van der Waals surface area contributed by atoms with Crippen LogP contribution in [-0.4, -0.2) is 45.0 Å². The van der Waals surface area contributed by atoms with Crippen molar-refractivity contribution in [3.63, 3.8) is 0 Å². The molecule has 2 heterocycles. The Hall–Kier alpha value is -2.61. The average molecular weight is 570 g/mol. The topological polar surface area (TPSA) is 40.2 Å². The Labute approximate surface area is 226 Å². The van der Waals surface area contributed by atoms with Crippen molar-refractivity contribution in [2.75, 3.05) is 38.8 Å². The summed E-state index contributed by atoms with van der Waals surface area (Å²) in [6.07, 6.45) is 1.60. The molecule has 0 radical (unpaired) electrons. The maximum atomic E-state index is 15.4. The lowest BCUT2D eigenvalue weighted by molar-refractivity contribution is -0.141. The molecule has 2 aliphatic heterocycles. The fraction of sp³-hybridized carbons (Fsp3) is 0.400. The smallest absolute Gasteiger partial charge is 0.159 e. The van der Waals surface area contributed by atoms with Gasteiger partial charge in [-0.1, -0.05) is 58.4 Å². The summed E-state index contributed by atoms with van der Waals surface area (Å²) in [7, 11) is 3.34. The standard InChI is InChI=1S/C30H33BrFNO4/c1-34-30(35-2)21-12-14-33(15-13-21)27-11-8-22(16-26(27)32)29-24-10-9-23(17-28(24)37-19-25(29)31)36-18-20-6-4-3-5-7-20/h3-11,16-17,21,25,29-30H,12-15,18-19H2,1-2H3. The third kappa shape index (κ3) is 5.79. The lowest BCUT2D eigenvalue weighted by atomic mass is 9.86. The zero-order valence-electron chi connectivity index (χ0n) is 21.2. The van der Waals surface area contributed by atoms with Crippen molar-refractivity contribution >= 4 is 21.6 Å². The Kier molecular flexibility index (Phi) is 8.33. The molecule has 1 fully saturated rings. The van der Waals surface area contributed by atoms with Crippen molar-refractivity contribution in [2.24, 2.45) is 5.92 Å². The first-order valence-corrected chi connectivity index (χ1v) is 13.7. The largest absolute Gasteiger partial charge is 0.492 e. The van der Waals surface area contributed by atoms with E-state index in [1.54, 1.807) is 20.3 Å². The number of benzene rings is 3. The van der Waals surface area contributed by atoms with Crippen LogP contribution in [0.2, 0.25) is 0 Å². The van der Waals surface area contributed by atoms with Gasteiger partial charge in [0.15, 0.2) is 6.29 Å². The first-order chi connectivity index (χ1) is 18.1. The lowest BCUT2D eigenvalue weighted by Crippen LogP contribution is -2.39. The van der Waals surface area contributed by atoms with Crippen LogP contribution >= 0.6 is 15.9 Å². The van der Waals surface area contributed by atoms with Crippen molar-refractivity contribution in [3.8, 4) is 11.5 Å². The highest BCUT2D eigenvalue weighted by Gasteiger charge is 2.32. The Morgan fingerprint density at radius 1 is 1.00 bits per heavy atom. The fourth-order valence-electron chi connectivity index (χ4n) is 5.44. The number of methoxy groups -OCH3 is 2. The highest BCUT2D eigenvalue weighted by molar-refractivity contribution is 9.09. The maximum absolute atomic E-state index is 15.4. The SMILES string of the molecule is COC(OC)C1CCN(c2ccc(C3c4ccc(OCc5ccccc5)cc4OCC3Br)cc2F)CC1. The van der Waals surface area contributed by atoms with E-state index in [9.17, 15) is 0 Å². The lowest BCUT2D eigenvalue weighted by Gasteiger charge is -2.36. The van der Waals surface area contributed by atoms with Crippen molar-refractivity contribution in [1.29, 1.82) is 0 Å². The number of ether oxygens (including phenoxy) is 4. The fourth-order valence-corrected chi connectivity index (χ4v) is 6.17. The number of hydrogen-bond donors (Lipinski definition) is 0. The first kappa shape index (κ1) is 26.0. The number of hydrogen-bond acceptors (Lipinski definition) is 5. The summed E-state index contributed by atoms with van der Waals surface area (Å²) in [6, 6.07) is 21.6. The Bertz CT molecular complexity index is 1180. The molecule has 5 rings (SSSR count). The van der Waals surface area contributed by atoms with Gasteiger partial charge in [0.05, 0.1) is 10.5 Å². The second-order valence-corrected chi connectivity index (χ2v) is 10.8. The highest BCUT2D eigenvalue weighted by Crippen LogP contribution is 2.43. The van der Waals surface area contributed by atoms with Crippen molar-refractivity contribution < 1.29 is 23.3 Å². The van der Waals surface area contributed by atoms with Crippen molar-refractivity contribution in [1.82, 2.24) is 0 Å². The van der Waals surface area contributed by atoms with E-state index in [0.717, 1.165) is 54.1 Å². The van der Waals surface area contributed by atoms with Gasteiger partial charge in [-0.15, -0.1) is 0 Å². The molecule has 7 heteroatoms. The van der Waals surface area contributed by atoms with Crippen molar-refractivity contribution in [2.45, 2.75) is 36.5 Å². The molecule has 0 bridgehead atoms. The van der Waals surface area contributed by atoms with Crippen LogP contribution in [0, 0.1) is 11.7 Å². The molecule has 3 aromatic carbocycles. The Morgan fingerprint density at radius 3 is 2.46 bits per heavy atom. The summed E-state index contributed by atoms with van der Waals surface area (Å²) in [5, 5.41) is 0. The second-order valence-electron chi connectivity index (χ2n) is 9.65. The minimum Gasteiger partial charge on any atom is -0.492 e. The van der Waals surface area contributed by atoms with Gasteiger partial charge >= 0.3 is 0 Å². The van der Waals surface area contributed by atoms with Gasteiger partial charge in [-0.2, -0.15) is 0 Å². The monoisotopic (exact) mass is 569 g/mol. The molecule has 0 N–H and O–H groups in total. The number of alkyl halides is 1. The van der Waals surface area contributed by atoms with Crippen LogP contribution in [0.4, 0.5) is 10.1 Å². The molecule has 5 nitrogen and oxygen atoms in total. The summed E-state index contributed by atoms with van der Waals surface area (Å²) >= 11 is 3.78. The molecule has 37 heavy (non-hydrogen) atoms. The van der Waals surface area contributed by atoms with Gasteiger partial charge in [-0.25, -0.2) is 4.39 Å². The number of piperidine rings is 1. The summed E-state index contributed by atoms with van der Waals surface area (Å²) in [5.41, 5.74) is 3.71. The highest BCUT2D eigenvalue weighted by atomic mass is 79.9. The molecule has 0 aromatic heterocycles. The zero-order chi connectivity index (χ0) is 25.8. The zero-order valence-corrected chi connectivity index (χ0v) is 22.8. The van der Waals surface area contributed by atoms with E-state index in [1.165, 1.54) is 0 Å². The van der Waals surface area contributed by atoms with E-state index in [1.807, 2.05) is 60.7 Å². The van der Waals surface area contributed by atoms with E-state index in [4.69, 9.17) is 18.9 Å². The molecule has 0 spiro atoms. The summed E-state index contributed by atoms with van der Waals surface area (Å²) in [6.45, 7) is 2.54. The van der Waals surface area contributed by atoms with Crippen LogP contribution < -0.4 is 14.4 Å². The normalized spacial score (nSPS) is 20.0. The number of halogens is 2.